The average molecular weight is 241 g/mol. The van der Waals surface area contributed by atoms with Crippen LogP contribution in [0.15, 0.2) is 36.5 Å². The van der Waals surface area contributed by atoms with Crippen molar-refractivity contribution in [3.63, 3.8) is 0 Å². The summed E-state index contributed by atoms with van der Waals surface area (Å²) in [6, 6.07) is 10.4. The zero-order valence-corrected chi connectivity index (χ0v) is 10.8. The molecule has 0 amide bonds. The van der Waals surface area contributed by atoms with Gasteiger partial charge in [-0.05, 0) is 18.4 Å². The summed E-state index contributed by atoms with van der Waals surface area (Å²) in [5, 5.41) is 0. The molecule has 0 spiro atoms. The van der Waals surface area contributed by atoms with E-state index in [0.717, 1.165) is 37.2 Å². The van der Waals surface area contributed by atoms with Gasteiger partial charge in [0.2, 0.25) is 0 Å². The number of rotatable bonds is 5. The van der Waals surface area contributed by atoms with E-state index in [1.807, 2.05) is 6.07 Å². The standard InChI is InChI=1S/C15H19N3/c1-2-6-14-13(16)11-17-15(18-14)10-9-12-7-4-3-5-8-12/h3-5,7-8,11H,2,6,9-10,16H2,1H3. The average Bonchev–Trinajstić information content (AvgIpc) is 2.41. The molecule has 0 bridgehead atoms. The van der Waals surface area contributed by atoms with E-state index < -0.39 is 0 Å². The summed E-state index contributed by atoms with van der Waals surface area (Å²) in [5.41, 5.74) is 8.86. The van der Waals surface area contributed by atoms with Crippen LogP contribution in [0.5, 0.6) is 0 Å². The molecule has 0 aliphatic rings. The lowest BCUT2D eigenvalue weighted by molar-refractivity contribution is 0.809. The second-order valence-electron chi connectivity index (χ2n) is 4.42. The zero-order chi connectivity index (χ0) is 12.8. The maximum Gasteiger partial charge on any atom is 0.129 e. The van der Waals surface area contributed by atoms with E-state index in [0.29, 0.717) is 5.69 Å². The topological polar surface area (TPSA) is 51.8 Å². The second kappa shape index (κ2) is 6.15. The van der Waals surface area contributed by atoms with Crippen LogP contribution >= 0.6 is 0 Å². The minimum atomic E-state index is 0.709. The van der Waals surface area contributed by atoms with Crippen molar-refractivity contribution in [1.29, 1.82) is 0 Å². The van der Waals surface area contributed by atoms with Crippen molar-refractivity contribution in [1.82, 2.24) is 9.97 Å². The molecule has 0 aliphatic carbocycles. The number of nitrogens with two attached hydrogens (primary N) is 1. The third-order valence-electron chi connectivity index (χ3n) is 2.92. The Morgan fingerprint density at radius 3 is 2.56 bits per heavy atom. The maximum atomic E-state index is 5.86. The first kappa shape index (κ1) is 12.6. The number of benzene rings is 1. The molecule has 0 radical (unpaired) electrons. The Hall–Kier alpha value is -1.90. The van der Waals surface area contributed by atoms with Gasteiger partial charge in [0.25, 0.3) is 0 Å². The summed E-state index contributed by atoms with van der Waals surface area (Å²) in [7, 11) is 0. The van der Waals surface area contributed by atoms with Crippen molar-refractivity contribution in [3.8, 4) is 0 Å². The molecule has 0 atom stereocenters. The fraction of sp³-hybridized carbons (Fsp3) is 0.333. The van der Waals surface area contributed by atoms with Crippen LogP contribution in [0.4, 0.5) is 5.69 Å². The van der Waals surface area contributed by atoms with Crippen molar-refractivity contribution in [3.05, 3.63) is 53.6 Å². The van der Waals surface area contributed by atoms with Gasteiger partial charge in [0.15, 0.2) is 0 Å². The normalized spacial score (nSPS) is 10.5. The smallest absolute Gasteiger partial charge is 0.129 e. The van der Waals surface area contributed by atoms with Gasteiger partial charge in [0.05, 0.1) is 17.6 Å². The predicted octanol–water partition coefficient (Wildman–Crippen LogP) is 2.80. The van der Waals surface area contributed by atoms with Gasteiger partial charge in [-0.1, -0.05) is 43.7 Å². The molecule has 1 aromatic carbocycles. The molecular formula is C15H19N3. The summed E-state index contributed by atoms with van der Waals surface area (Å²) >= 11 is 0. The van der Waals surface area contributed by atoms with Crippen LogP contribution in [0, 0.1) is 0 Å². The quantitative estimate of drug-likeness (QED) is 0.875. The van der Waals surface area contributed by atoms with E-state index in [-0.39, 0.29) is 0 Å². The summed E-state index contributed by atoms with van der Waals surface area (Å²) < 4.78 is 0. The van der Waals surface area contributed by atoms with Crippen LogP contribution in [0.3, 0.4) is 0 Å². The van der Waals surface area contributed by atoms with E-state index >= 15 is 0 Å². The first-order valence-corrected chi connectivity index (χ1v) is 6.43. The van der Waals surface area contributed by atoms with Gasteiger partial charge in [0, 0.05) is 6.42 Å². The number of nitrogen functional groups attached to an aromatic ring is 1. The van der Waals surface area contributed by atoms with Gasteiger partial charge >= 0.3 is 0 Å². The van der Waals surface area contributed by atoms with Crippen LogP contribution in [-0.2, 0) is 19.3 Å². The van der Waals surface area contributed by atoms with Gasteiger partial charge in [-0.2, -0.15) is 0 Å². The molecule has 0 saturated heterocycles. The first-order valence-electron chi connectivity index (χ1n) is 6.43. The number of hydrogen-bond acceptors (Lipinski definition) is 3. The van der Waals surface area contributed by atoms with E-state index in [1.165, 1.54) is 5.56 Å². The maximum absolute atomic E-state index is 5.86. The highest BCUT2D eigenvalue weighted by atomic mass is 14.9. The Labute approximate surface area is 108 Å². The van der Waals surface area contributed by atoms with Crippen LogP contribution in [0.1, 0.15) is 30.4 Å². The number of hydrogen-bond donors (Lipinski definition) is 1. The Bertz CT molecular complexity index is 494. The Kier molecular flexibility index (Phi) is 4.29. The molecule has 0 saturated carbocycles. The molecule has 2 N–H and O–H groups in total. The van der Waals surface area contributed by atoms with E-state index in [9.17, 15) is 0 Å². The Morgan fingerprint density at radius 2 is 1.83 bits per heavy atom. The lowest BCUT2D eigenvalue weighted by Crippen LogP contribution is -2.05. The fourth-order valence-electron chi connectivity index (χ4n) is 1.93. The first-order chi connectivity index (χ1) is 8.79. The highest BCUT2D eigenvalue weighted by Crippen LogP contribution is 2.11. The summed E-state index contributed by atoms with van der Waals surface area (Å²) in [5.74, 6) is 0.886. The fourth-order valence-corrected chi connectivity index (χ4v) is 1.93. The SMILES string of the molecule is CCCc1nc(CCc2ccccc2)ncc1N. The minimum Gasteiger partial charge on any atom is -0.396 e. The molecule has 0 aliphatic heterocycles. The number of aryl methyl sites for hydroxylation is 3. The molecule has 3 nitrogen and oxygen atoms in total. The molecular weight excluding hydrogens is 222 g/mol. The predicted molar refractivity (Wildman–Crippen MR) is 74.3 cm³/mol. The molecule has 18 heavy (non-hydrogen) atoms. The molecule has 1 heterocycles. The largest absolute Gasteiger partial charge is 0.396 e. The van der Waals surface area contributed by atoms with E-state index in [1.54, 1.807) is 6.20 Å². The Morgan fingerprint density at radius 1 is 1.06 bits per heavy atom. The summed E-state index contributed by atoms with van der Waals surface area (Å²) in [4.78, 5) is 8.84. The van der Waals surface area contributed by atoms with Crippen LogP contribution < -0.4 is 5.73 Å². The summed E-state index contributed by atoms with van der Waals surface area (Å²) in [6.45, 7) is 2.13. The monoisotopic (exact) mass is 241 g/mol. The van der Waals surface area contributed by atoms with Gasteiger partial charge < -0.3 is 5.73 Å². The highest BCUT2D eigenvalue weighted by Gasteiger charge is 2.04. The van der Waals surface area contributed by atoms with Crippen molar-refractivity contribution < 1.29 is 0 Å². The van der Waals surface area contributed by atoms with Crippen molar-refractivity contribution >= 4 is 5.69 Å². The van der Waals surface area contributed by atoms with Crippen molar-refractivity contribution in [2.75, 3.05) is 5.73 Å². The lowest BCUT2D eigenvalue weighted by Gasteiger charge is -2.06. The van der Waals surface area contributed by atoms with Gasteiger partial charge in [-0.15, -0.1) is 0 Å². The van der Waals surface area contributed by atoms with Gasteiger partial charge in [-0.25, -0.2) is 9.97 Å². The number of anilines is 1. The van der Waals surface area contributed by atoms with E-state index in [2.05, 4.69) is 41.2 Å². The van der Waals surface area contributed by atoms with Gasteiger partial charge in [-0.3, -0.25) is 0 Å². The van der Waals surface area contributed by atoms with Crippen LogP contribution in [0.25, 0.3) is 0 Å². The van der Waals surface area contributed by atoms with Crippen molar-refractivity contribution in [2.45, 2.75) is 32.6 Å². The summed E-state index contributed by atoms with van der Waals surface area (Å²) in [6.07, 6.45) is 5.54. The number of nitrogens with zero attached hydrogens (tertiary/aromatic N) is 2. The Balaban J connectivity index is 2.03. The minimum absolute atomic E-state index is 0.709. The highest BCUT2D eigenvalue weighted by molar-refractivity contribution is 5.40. The lowest BCUT2D eigenvalue weighted by atomic mass is 10.1. The van der Waals surface area contributed by atoms with Crippen molar-refractivity contribution in [2.24, 2.45) is 0 Å². The third-order valence-corrected chi connectivity index (χ3v) is 2.92. The molecule has 2 rings (SSSR count). The molecule has 1 aromatic heterocycles. The molecule has 2 aromatic rings. The number of aromatic nitrogens is 2. The molecule has 0 fully saturated rings. The molecule has 3 heteroatoms. The zero-order valence-electron chi connectivity index (χ0n) is 10.8. The second-order valence-corrected chi connectivity index (χ2v) is 4.42. The van der Waals surface area contributed by atoms with Crippen LogP contribution in [-0.4, -0.2) is 9.97 Å². The van der Waals surface area contributed by atoms with E-state index in [4.69, 9.17) is 5.73 Å². The molecule has 94 valence electrons. The van der Waals surface area contributed by atoms with Gasteiger partial charge in [0.1, 0.15) is 5.82 Å². The third kappa shape index (κ3) is 3.29. The molecule has 0 unspecified atom stereocenters. The van der Waals surface area contributed by atoms with Crippen LogP contribution in [0.2, 0.25) is 0 Å².